The molecule has 6 heteroatoms. The van der Waals surface area contributed by atoms with Gasteiger partial charge in [0.15, 0.2) is 0 Å². The molecule has 0 aliphatic heterocycles. The quantitative estimate of drug-likeness (QED) is 0.724. The SMILES string of the molecule is Cc1ccc(NC(=O)C(=O)NCC(C)CCO)cc1Cl. The second-order valence-electron chi connectivity index (χ2n) is 4.75. The highest BCUT2D eigenvalue weighted by Crippen LogP contribution is 2.19. The molecular formula is C14H19ClN2O3. The second-order valence-corrected chi connectivity index (χ2v) is 5.15. The van der Waals surface area contributed by atoms with Crippen LogP contribution in [0, 0.1) is 12.8 Å². The Balaban J connectivity index is 2.49. The summed E-state index contributed by atoms with van der Waals surface area (Å²) in [5.74, 6) is -1.32. The molecule has 0 saturated carbocycles. The molecule has 0 saturated heterocycles. The molecule has 1 atom stereocenters. The number of benzene rings is 1. The summed E-state index contributed by atoms with van der Waals surface area (Å²) in [4.78, 5) is 23.3. The number of carbonyl (C=O) groups is 2. The summed E-state index contributed by atoms with van der Waals surface area (Å²) in [7, 11) is 0. The van der Waals surface area contributed by atoms with Crippen molar-refractivity contribution in [2.75, 3.05) is 18.5 Å². The normalized spacial score (nSPS) is 11.8. The third kappa shape index (κ3) is 5.19. The second kappa shape index (κ2) is 7.87. The van der Waals surface area contributed by atoms with Crippen molar-refractivity contribution in [1.29, 1.82) is 0 Å². The van der Waals surface area contributed by atoms with E-state index in [4.69, 9.17) is 16.7 Å². The molecule has 110 valence electrons. The van der Waals surface area contributed by atoms with E-state index >= 15 is 0 Å². The van der Waals surface area contributed by atoms with Crippen LogP contribution in [0.25, 0.3) is 0 Å². The van der Waals surface area contributed by atoms with Gasteiger partial charge in [-0.25, -0.2) is 0 Å². The lowest BCUT2D eigenvalue weighted by Gasteiger charge is -2.11. The number of aryl methyl sites for hydroxylation is 1. The maximum atomic E-state index is 11.7. The molecule has 2 amide bonds. The van der Waals surface area contributed by atoms with Crippen molar-refractivity contribution in [1.82, 2.24) is 5.32 Å². The first-order valence-corrected chi connectivity index (χ1v) is 6.78. The van der Waals surface area contributed by atoms with E-state index in [0.717, 1.165) is 5.56 Å². The van der Waals surface area contributed by atoms with Crippen LogP contribution in [0.15, 0.2) is 18.2 Å². The minimum Gasteiger partial charge on any atom is -0.396 e. The van der Waals surface area contributed by atoms with Crippen molar-refractivity contribution in [3.05, 3.63) is 28.8 Å². The third-order valence-corrected chi connectivity index (χ3v) is 3.28. The summed E-state index contributed by atoms with van der Waals surface area (Å²) < 4.78 is 0. The molecule has 0 spiro atoms. The maximum Gasteiger partial charge on any atom is 0.313 e. The Labute approximate surface area is 123 Å². The van der Waals surface area contributed by atoms with E-state index in [1.54, 1.807) is 18.2 Å². The Morgan fingerprint density at radius 1 is 1.35 bits per heavy atom. The fraction of sp³-hybridized carbons (Fsp3) is 0.429. The van der Waals surface area contributed by atoms with Crippen molar-refractivity contribution in [3.8, 4) is 0 Å². The van der Waals surface area contributed by atoms with Crippen LogP contribution >= 0.6 is 11.6 Å². The first-order valence-electron chi connectivity index (χ1n) is 6.40. The number of carbonyl (C=O) groups excluding carboxylic acids is 2. The van der Waals surface area contributed by atoms with Gasteiger partial charge in [-0.1, -0.05) is 24.6 Å². The zero-order valence-corrected chi connectivity index (χ0v) is 12.3. The van der Waals surface area contributed by atoms with Gasteiger partial charge in [0.05, 0.1) is 0 Å². The summed E-state index contributed by atoms with van der Waals surface area (Å²) in [6.45, 7) is 4.14. The predicted octanol–water partition coefficient (Wildman–Crippen LogP) is 1.72. The Morgan fingerprint density at radius 2 is 2.05 bits per heavy atom. The molecule has 0 aliphatic rings. The first-order chi connectivity index (χ1) is 9.43. The van der Waals surface area contributed by atoms with Crippen molar-refractivity contribution >= 4 is 29.1 Å². The average molecular weight is 299 g/mol. The minimum atomic E-state index is -0.735. The largest absolute Gasteiger partial charge is 0.396 e. The van der Waals surface area contributed by atoms with E-state index in [1.165, 1.54) is 0 Å². The summed E-state index contributed by atoms with van der Waals surface area (Å²) in [5, 5.41) is 14.3. The van der Waals surface area contributed by atoms with Gasteiger partial charge in [-0.3, -0.25) is 9.59 Å². The Hall–Kier alpha value is -1.59. The van der Waals surface area contributed by atoms with Crippen molar-refractivity contribution in [3.63, 3.8) is 0 Å². The lowest BCUT2D eigenvalue weighted by atomic mass is 10.1. The van der Waals surface area contributed by atoms with E-state index in [9.17, 15) is 9.59 Å². The molecule has 1 rings (SSSR count). The molecular weight excluding hydrogens is 280 g/mol. The van der Waals surface area contributed by atoms with E-state index in [2.05, 4.69) is 10.6 Å². The molecule has 0 radical (unpaired) electrons. The van der Waals surface area contributed by atoms with Crippen LogP contribution in [0.5, 0.6) is 0 Å². The lowest BCUT2D eigenvalue weighted by molar-refractivity contribution is -0.136. The highest BCUT2D eigenvalue weighted by molar-refractivity contribution is 6.39. The Bertz CT molecular complexity index is 491. The van der Waals surface area contributed by atoms with Gasteiger partial charge in [0, 0.05) is 23.9 Å². The van der Waals surface area contributed by atoms with Gasteiger partial charge in [-0.2, -0.15) is 0 Å². The Kier molecular flexibility index (Phi) is 6.48. The molecule has 5 nitrogen and oxygen atoms in total. The summed E-state index contributed by atoms with van der Waals surface area (Å²) in [6, 6.07) is 5.04. The molecule has 0 heterocycles. The minimum absolute atomic E-state index is 0.0606. The van der Waals surface area contributed by atoms with E-state index in [1.807, 2.05) is 13.8 Å². The highest BCUT2D eigenvalue weighted by atomic mass is 35.5. The predicted molar refractivity (Wildman–Crippen MR) is 78.7 cm³/mol. The lowest BCUT2D eigenvalue weighted by Crippen LogP contribution is -2.37. The van der Waals surface area contributed by atoms with Gasteiger partial charge in [0.2, 0.25) is 0 Å². The van der Waals surface area contributed by atoms with Gasteiger partial charge in [-0.15, -0.1) is 0 Å². The monoisotopic (exact) mass is 298 g/mol. The van der Waals surface area contributed by atoms with Crippen LogP contribution < -0.4 is 10.6 Å². The molecule has 1 aromatic rings. The molecule has 1 aromatic carbocycles. The maximum absolute atomic E-state index is 11.7. The van der Waals surface area contributed by atoms with Gasteiger partial charge in [0.1, 0.15) is 0 Å². The zero-order valence-electron chi connectivity index (χ0n) is 11.6. The van der Waals surface area contributed by atoms with Crippen molar-refractivity contribution < 1.29 is 14.7 Å². The summed E-state index contributed by atoms with van der Waals surface area (Å²) >= 11 is 5.94. The number of aliphatic hydroxyl groups excluding tert-OH is 1. The number of rotatable bonds is 5. The molecule has 3 N–H and O–H groups in total. The summed E-state index contributed by atoms with van der Waals surface area (Å²) in [5.41, 5.74) is 1.37. The fourth-order valence-corrected chi connectivity index (χ4v) is 1.71. The number of anilines is 1. The van der Waals surface area contributed by atoms with Gasteiger partial charge < -0.3 is 15.7 Å². The van der Waals surface area contributed by atoms with Crippen LogP contribution in [0.3, 0.4) is 0 Å². The van der Waals surface area contributed by atoms with E-state index in [0.29, 0.717) is 23.7 Å². The van der Waals surface area contributed by atoms with Gasteiger partial charge >= 0.3 is 11.8 Å². The van der Waals surface area contributed by atoms with Crippen LogP contribution in [0.2, 0.25) is 5.02 Å². The third-order valence-electron chi connectivity index (χ3n) is 2.87. The summed E-state index contributed by atoms with van der Waals surface area (Å²) in [6.07, 6.45) is 0.579. The van der Waals surface area contributed by atoms with Crippen LogP contribution in [0.4, 0.5) is 5.69 Å². The topological polar surface area (TPSA) is 78.4 Å². The van der Waals surface area contributed by atoms with Crippen LogP contribution in [-0.2, 0) is 9.59 Å². The van der Waals surface area contributed by atoms with Crippen LogP contribution in [-0.4, -0.2) is 30.1 Å². The van der Waals surface area contributed by atoms with Crippen molar-refractivity contribution in [2.45, 2.75) is 20.3 Å². The molecule has 0 bridgehead atoms. The molecule has 20 heavy (non-hydrogen) atoms. The molecule has 0 aromatic heterocycles. The first kappa shape index (κ1) is 16.5. The van der Waals surface area contributed by atoms with E-state index in [-0.39, 0.29) is 12.5 Å². The van der Waals surface area contributed by atoms with E-state index < -0.39 is 11.8 Å². The number of aliphatic hydroxyl groups is 1. The number of nitrogens with one attached hydrogen (secondary N) is 2. The standard InChI is InChI=1S/C14H19ClN2O3/c1-9(5-6-18)8-16-13(19)14(20)17-11-4-3-10(2)12(15)7-11/h3-4,7,9,18H,5-6,8H2,1-2H3,(H,16,19)(H,17,20). The molecule has 0 fully saturated rings. The number of halogens is 1. The van der Waals surface area contributed by atoms with Gasteiger partial charge in [-0.05, 0) is 37.0 Å². The number of hydrogen-bond donors (Lipinski definition) is 3. The average Bonchev–Trinajstić information content (AvgIpc) is 2.40. The highest BCUT2D eigenvalue weighted by Gasteiger charge is 2.14. The number of amides is 2. The smallest absolute Gasteiger partial charge is 0.313 e. The zero-order chi connectivity index (χ0) is 15.1. The Morgan fingerprint density at radius 3 is 2.65 bits per heavy atom. The fourth-order valence-electron chi connectivity index (χ4n) is 1.53. The molecule has 0 aliphatic carbocycles. The van der Waals surface area contributed by atoms with Gasteiger partial charge in [0.25, 0.3) is 0 Å². The molecule has 1 unspecified atom stereocenters. The van der Waals surface area contributed by atoms with Crippen molar-refractivity contribution in [2.24, 2.45) is 5.92 Å². The number of hydrogen-bond acceptors (Lipinski definition) is 3. The van der Waals surface area contributed by atoms with Crippen LogP contribution in [0.1, 0.15) is 18.9 Å².